The quantitative estimate of drug-likeness (QED) is 0.787. The average Bonchev–Trinajstić information content (AvgIpc) is 2.82. The van der Waals surface area contributed by atoms with Gasteiger partial charge in [0.2, 0.25) is 0 Å². The van der Waals surface area contributed by atoms with Gasteiger partial charge in [0.25, 0.3) is 0 Å². The second kappa shape index (κ2) is 6.36. The van der Waals surface area contributed by atoms with Crippen molar-refractivity contribution in [2.24, 2.45) is 11.8 Å². The minimum absolute atomic E-state index is 0.0485. The van der Waals surface area contributed by atoms with E-state index in [1.165, 1.54) is 24.9 Å². The Labute approximate surface area is 117 Å². The zero-order valence-corrected chi connectivity index (χ0v) is 11.4. The molecule has 2 unspecified atom stereocenters. The molecule has 1 fully saturated rings. The van der Waals surface area contributed by atoms with Gasteiger partial charge < -0.3 is 15.7 Å². The van der Waals surface area contributed by atoms with Crippen molar-refractivity contribution in [3.8, 4) is 0 Å². The highest BCUT2D eigenvalue weighted by Gasteiger charge is 2.21. The van der Waals surface area contributed by atoms with E-state index in [-0.39, 0.29) is 11.6 Å². The number of hydrogen-bond acceptors (Lipinski definition) is 3. The fourth-order valence-corrected chi connectivity index (χ4v) is 2.55. The molecule has 2 amide bonds. The van der Waals surface area contributed by atoms with Crippen molar-refractivity contribution in [2.75, 3.05) is 11.9 Å². The molecule has 6 heteroatoms. The van der Waals surface area contributed by atoms with Crippen LogP contribution >= 0.6 is 0 Å². The van der Waals surface area contributed by atoms with Crippen molar-refractivity contribution >= 4 is 17.7 Å². The number of amides is 2. The lowest BCUT2D eigenvalue weighted by Gasteiger charge is -2.12. The normalized spacial score (nSPS) is 21.4. The fourth-order valence-electron chi connectivity index (χ4n) is 2.55. The number of carboxylic acid groups (broad SMARTS) is 1. The van der Waals surface area contributed by atoms with E-state index in [0.717, 1.165) is 18.8 Å². The summed E-state index contributed by atoms with van der Waals surface area (Å²) in [6.07, 6.45) is 6.18. The summed E-state index contributed by atoms with van der Waals surface area (Å²) >= 11 is 0. The van der Waals surface area contributed by atoms with Crippen molar-refractivity contribution in [1.82, 2.24) is 10.3 Å². The Morgan fingerprint density at radius 3 is 2.85 bits per heavy atom. The molecule has 1 aliphatic rings. The lowest BCUT2D eigenvalue weighted by Crippen LogP contribution is -2.32. The summed E-state index contributed by atoms with van der Waals surface area (Å²) in [6, 6.07) is 1.06. The van der Waals surface area contributed by atoms with Gasteiger partial charge >= 0.3 is 12.0 Å². The van der Waals surface area contributed by atoms with Gasteiger partial charge in [0, 0.05) is 12.7 Å². The van der Waals surface area contributed by atoms with Gasteiger partial charge in [-0.2, -0.15) is 0 Å². The van der Waals surface area contributed by atoms with Gasteiger partial charge in [-0.25, -0.2) is 9.59 Å². The number of hydrogen-bond donors (Lipinski definition) is 3. The average molecular weight is 277 g/mol. The molecule has 6 nitrogen and oxygen atoms in total. The van der Waals surface area contributed by atoms with Gasteiger partial charge in [-0.05, 0) is 30.7 Å². The maximum atomic E-state index is 11.7. The number of carbonyl (C=O) groups excluding carboxylic acids is 1. The summed E-state index contributed by atoms with van der Waals surface area (Å²) in [5.41, 5.74) is 0.426. The maximum absolute atomic E-state index is 11.7. The van der Waals surface area contributed by atoms with E-state index in [2.05, 4.69) is 22.5 Å². The standard InChI is InChI=1S/C14H19N3O3/c1-9-2-3-10(4-9)6-16-14(20)17-12-5-11(13(18)19)7-15-8-12/h5,7-10H,2-4,6H2,1H3,(H,18,19)(H2,16,17,20). The number of carbonyl (C=O) groups is 2. The molecule has 20 heavy (non-hydrogen) atoms. The van der Waals surface area contributed by atoms with Gasteiger partial charge in [0.1, 0.15) is 0 Å². The second-order valence-electron chi connectivity index (χ2n) is 5.39. The van der Waals surface area contributed by atoms with Crippen molar-refractivity contribution in [1.29, 1.82) is 0 Å². The first-order valence-corrected chi connectivity index (χ1v) is 6.78. The number of aromatic nitrogens is 1. The Hall–Kier alpha value is -2.11. The molecule has 1 aromatic rings. The Bertz CT molecular complexity index is 504. The lowest BCUT2D eigenvalue weighted by atomic mass is 10.1. The molecule has 0 saturated heterocycles. The van der Waals surface area contributed by atoms with Gasteiger partial charge in [0.15, 0.2) is 0 Å². The summed E-state index contributed by atoms with van der Waals surface area (Å²) in [6.45, 7) is 2.88. The molecule has 0 aromatic carbocycles. The smallest absolute Gasteiger partial charge is 0.337 e. The van der Waals surface area contributed by atoms with Crippen LogP contribution in [0.25, 0.3) is 0 Å². The van der Waals surface area contributed by atoms with E-state index in [9.17, 15) is 9.59 Å². The van der Waals surface area contributed by atoms with Crippen LogP contribution in [0.3, 0.4) is 0 Å². The second-order valence-corrected chi connectivity index (χ2v) is 5.39. The number of pyridine rings is 1. The Morgan fingerprint density at radius 2 is 2.20 bits per heavy atom. The lowest BCUT2D eigenvalue weighted by molar-refractivity contribution is 0.0696. The Balaban J connectivity index is 1.82. The van der Waals surface area contributed by atoms with E-state index in [1.807, 2.05) is 0 Å². The molecule has 0 radical (unpaired) electrons. The van der Waals surface area contributed by atoms with Crippen LogP contribution in [0.4, 0.5) is 10.5 Å². The third-order valence-electron chi connectivity index (χ3n) is 3.60. The van der Waals surface area contributed by atoms with Gasteiger partial charge in [-0.1, -0.05) is 13.3 Å². The van der Waals surface area contributed by atoms with Crippen LogP contribution in [0.2, 0.25) is 0 Å². The molecule has 2 rings (SSSR count). The number of anilines is 1. The first-order chi connectivity index (χ1) is 9.54. The monoisotopic (exact) mass is 277 g/mol. The molecular weight excluding hydrogens is 258 g/mol. The highest BCUT2D eigenvalue weighted by atomic mass is 16.4. The number of aromatic carboxylic acids is 1. The van der Waals surface area contributed by atoms with Gasteiger partial charge in [0.05, 0.1) is 17.4 Å². The first kappa shape index (κ1) is 14.3. The molecule has 3 N–H and O–H groups in total. The highest BCUT2D eigenvalue weighted by Crippen LogP contribution is 2.29. The topological polar surface area (TPSA) is 91.3 Å². The summed E-state index contributed by atoms with van der Waals surface area (Å²) in [5.74, 6) is 0.210. The summed E-state index contributed by atoms with van der Waals surface area (Å²) in [4.78, 5) is 26.3. The van der Waals surface area contributed by atoms with Crippen molar-refractivity contribution in [2.45, 2.75) is 26.2 Å². The molecule has 0 spiro atoms. The van der Waals surface area contributed by atoms with Crippen LogP contribution in [0.1, 0.15) is 36.5 Å². The van der Waals surface area contributed by atoms with E-state index in [0.29, 0.717) is 18.2 Å². The van der Waals surface area contributed by atoms with Crippen LogP contribution < -0.4 is 10.6 Å². The van der Waals surface area contributed by atoms with Gasteiger partial charge in [-0.15, -0.1) is 0 Å². The molecule has 108 valence electrons. The fraction of sp³-hybridized carbons (Fsp3) is 0.500. The third kappa shape index (κ3) is 3.94. The van der Waals surface area contributed by atoms with Crippen LogP contribution in [0, 0.1) is 11.8 Å². The predicted octanol–water partition coefficient (Wildman–Crippen LogP) is 2.34. The largest absolute Gasteiger partial charge is 0.478 e. The van der Waals surface area contributed by atoms with Crippen LogP contribution in [-0.2, 0) is 0 Å². The van der Waals surface area contributed by atoms with Crippen molar-refractivity contribution in [3.05, 3.63) is 24.0 Å². The minimum Gasteiger partial charge on any atom is -0.478 e. The van der Waals surface area contributed by atoms with Crippen LogP contribution in [0.5, 0.6) is 0 Å². The first-order valence-electron chi connectivity index (χ1n) is 6.78. The predicted molar refractivity (Wildman–Crippen MR) is 74.7 cm³/mol. The summed E-state index contributed by atoms with van der Waals surface area (Å²) in [7, 11) is 0. The van der Waals surface area contributed by atoms with E-state index < -0.39 is 5.97 Å². The van der Waals surface area contributed by atoms with E-state index in [4.69, 9.17) is 5.11 Å². The summed E-state index contributed by atoms with van der Waals surface area (Å²) < 4.78 is 0. The Morgan fingerprint density at radius 1 is 1.40 bits per heavy atom. The molecule has 2 atom stereocenters. The number of nitrogens with one attached hydrogen (secondary N) is 2. The molecule has 1 aliphatic carbocycles. The Kier molecular flexibility index (Phi) is 4.55. The molecular formula is C14H19N3O3. The highest BCUT2D eigenvalue weighted by molar-refractivity contribution is 5.92. The van der Waals surface area contributed by atoms with Crippen LogP contribution in [-0.4, -0.2) is 28.6 Å². The van der Waals surface area contributed by atoms with Gasteiger partial charge in [-0.3, -0.25) is 4.98 Å². The summed E-state index contributed by atoms with van der Waals surface area (Å²) in [5, 5.41) is 14.3. The number of nitrogens with zero attached hydrogens (tertiary/aromatic N) is 1. The SMILES string of the molecule is CC1CCC(CNC(=O)Nc2cncc(C(=O)O)c2)C1. The third-order valence-corrected chi connectivity index (χ3v) is 3.60. The molecule has 1 saturated carbocycles. The van der Waals surface area contributed by atoms with Crippen molar-refractivity contribution < 1.29 is 14.7 Å². The zero-order valence-electron chi connectivity index (χ0n) is 11.4. The van der Waals surface area contributed by atoms with Crippen LogP contribution in [0.15, 0.2) is 18.5 Å². The minimum atomic E-state index is -1.07. The van der Waals surface area contributed by atoms with Crippen molar-refractivity contribution in [3.63, 3.8) is 0 Å². The number of urea groups is 1. The molecule has 1 heterocycles. The molecule has 1 aromatic heterocycles. The van der Waals surface area contributed by atoms with E-state index in [1.54, 1.807) is 0 Å². The number of rotatable bonds is 4. The molecule has 0 aliphatic heterocycles. The zero-order chi connectivity index (χ0) is 14.5. The number of carboxylic acids is 1. The maximum Gasteiger partial charge on any atom is 0.337 e. The molecule has 0 bridgehead atoms. The van der Waals surface area contributed by atoms with E-state index >= 15 is 0 Å².